The van der Waals surface area contributed by atoms with Crippen LogP contribution in [0.1, 0.15) is 11.1 Å². The maximum atomic E-state index is 12.6. The van der Waals surface area contributed by atoms with Crippen LogP contribution in [0.4, 0.5) is 5.69 Å². The highest BCUT2D eigenvalue weighted by Gasteiger charge is 2.37. The van der Waals surface area contributed by atoms with Crippen LogP contribution in [0, 0.1) is 6.92 Å². The lowest BCUT2D eigenvalue weighted by Gasteiger charge is -2.17. The molecule has 2 N–H and O–H groups in total. The van der Waals surface area contributed by atoms with Gasteiger partial charge in [0, 0.05) is 12.2 Å². The third-order valence-electron chi connectivity index (χ3n) is 3.88. The molecule has 1 unspecified atom stereocenters. The number of carbonyl (C=O) groups excluding carboxylic acids is 2. The Morgan fingerprint density at radius 3 is 2.69 bits per heavy atom. The molecule has 0 radical (unpaired) electrons. The summed E-state index contributed by atoms with van der Waals surface area (Å²) in [6.45, 7) is 2.46. The lowest BCUT2D eigenvalue weighted by molar-refractivity contribution is -0.135. The van der Waals surface area contributed by atoms with E-state index in [1.54, 1.807) is 0 Å². The summed E-state index contributed by atoms with van der Waals surface area (Å²) in [5.41, 5.74) is 5.60. The zero-order chi connectivity index (χ0) is 18.5. The normalized spacial score (nSPS) is 16.7. The van der Waals surface area contributed by atoms with Gasteiger partial charge in [0.2, 0.25) is 5.91 Å². The highest BCUT2D eigenvalue weighted by molar-refractivity contribution is 8.24. The first kappa shape index (κ1) is 18.4. The smallest absolute Gasteiger partial charge is 0.262 e. The minimum Gasteiger partial charge on any atom is -0.383 e. The van der Waals surface area contributed by atoms with E-state index in [9.17, 15) is 9.59 Å². The second kappa shape index (κ2) is 8.33. The predicted octanol–water partition coefficient (Wildman–Crippen LogP) is 2.91. The van der Waals surface area contributed by atoms with E-state index in [1.807, 2.05) is 61.5 Å². The molecule has 0 aliphatic carbocycles. The van der Waals surface area contributed by atoms with E-state index >= 15 is 0 Å². The van der Waals surface area contributed by atoms with Crippen LogP contribution in [0.2, 0.25) is 0 Å². The molecule has 2 aromatic rings. The first-order valence-corrected chi connectivity index (χ1v) is 9.50. The molecule has 134 valence electrons. The van der Waals surface area contributed by atoms with Gasteiger partial charge in [0.15, 0.2) is 4.32 Å². The summed E-state index contributed by atoms with van der Waals surface area (Å²) in [6, 6.07) is 17.3. The molecule has 1 saturated heterocycles. The number of nitrogens with one attached hydrogen (secondary N) is 2. The Labute approximate surface area is 162 Å². The highest BCUT2D eigenvalue weighted by atomic mass is 32.2. The average Bonchev–Trinajstić information content (AvgIpc) is 2.88. The van der Waals surface area contributed by atoms with Crippen LogP contribution in [0.25, 0.3) is 0 Å². The van der Waals surface area contributed by atoms with Crippen molar-refractivity contribution in [3.05, 3.63) is 65.7 Å². The molecule has 1 aliphatic heterocycles. The van der Waals surface area contributed by atoms with Crippen LogP contribution in [0.3, 0.4) is 0 Å². The van der Waals surface area contributed by atoms with E-state index in [-0.39, 0.29) is 23.5 Å². The summed E-state index contributed by atoms with van der Waals surface area (Å²) in [5, 5.41) is 4.08. The van der Waals surface area contributed by atoms with Crippen molar-refractivity contribution in [2.45, 2.75) is 18.6 Å². The van der Waals surface area contributed by atoms with Gasteiger partial charge in [-0.2, -0.15) is 0 Å². The van der Waals surface area contributed by atoms with Gasteiger partial charge in [-0.1, -0.05) is 66.4 Å². The molecule has 0 bridgehead atoms. The van der Waals surface area contributed by atoms with Crippen LogP contribution in [0.15, 0.2) is 54.6 Å². The zero-order valence-corrected chi connectivity index (χ0v) is 15.9. The fraction of sp³-hybridized carbons (Fsp3) is 0.211. The number of aryl methyl sites for hydroxylation is 1. The lowest BCUT2D eigenvalue weighted by atomic mass is 10.1. The second-order valence-corrected chi connectivity index (χ2v) is 7.83. The Balaban J connectivity index is 1.55. The maximum absolute atomic E-state index is 12.6. The summed E-state index contributed by atoms with van der Waals surface area (Å²) < 4.78 is 0.368. The number of anilines is 1. The van der Waals surface area contributed by atoms with E-state index in [1.165, 1.54) is 16.8 Å². The summed E-state index contributed by atoms with van der Waals surface area (Å²) in [5.74, 6) is -0.471. The van der Waals surface area contributed by atoms with Gasteiger partial charge >= 0.3 is 0 Å². The molecule has 7 heteroatoms. The number of amides is 2. The van der Waals surface area contributed by atoms with Gasteiger partial charge in [-0.3, -0.25) is 15.0 Å². The minimum absolute atomic E-state index is 0.199. The number of hydrazine groups is 1. The second-order valence-electron chi connectivity index (χ2n) is 5.99. The van der Waals surface area contributed by atoms with Gasteiger partial charge in [0.05, 0.1) is 6.42 Å². The molecule has 1 aliphatic rings. The number of rotatable bonds is 6. The minimum atomic E-state index is -0.361. The molecule has 0 saturated carbocycles. The van der Waals surface area contributed by atoms with Crippen molar-refractivity contribution in [3.8, 4) is 0 Å². The largest absolute Gasteiger partial charge is 0.383 e. The summed E-state index contributed by atoms with van der Waals surface area (Å²) in [4.78, 5) is 24.7. The molecule has 2 amide bonds. The number of nitrogens with zero attached hydrogens (tertiary/aromatic N) is 1. The monoisotopic (exact) mass is 385 g/mol. The molecular weight excluding hydrogens is 366 g/mol. The third-order valence-corrected chi connectivity index (χ3v) is 5.38. The molecule has 1 heterocycles. The summed E-state index contributed by atoms with van der Waals surface area (Å²) in [7, 11) is 0. The van der Waals surface area contributed by atoms with Crippen LogP contribution in [-0.2, 0) is 16.0 Å². The standard InChI is InChI=1S/C19H19N3O2S2/c1-13-6-5-9-15(10-13)20-12-16-18(24)22(19(25)26-16)21-17(23)11-14-7-3-2-4-8-14/h2-10,16,20H,11-12H2,1H3,(H,21,23). The fourth-order valence-electron chi connectivity index (χ4n) is 2.60. The molecule has 1 fully saturated rings. The van der Waals surface area contributed by atoms with E-state index in [0.29, 0.717) is 10.9 Å². The van der Waals surface area contributed by atoms with Gasteiger partial charge in [-0.25, -0.2) is 5.01 Å². The van der Waals surface area contributed by atoms with Crippen molar-refractivity contribution >= 4 is 45.8 Å². The van der Waals surface area contributed by atoms with E-state index < -0.39 is 0 Å². The van der Waals surface area contributed by atoms with Gasteiger partial charge in [0.1, 0.15) is 5.25 Å². The van der Waals surface area contributed by atoms with Crippen molar-refractivity contribution < 1.29 is 9.59 Å². The van der Waals surface area contributed by atoms with Crippen molar-refractivity contribution in [2.24, 2.45) is 0 Å². The lowest BCUT2D eigenvalue weighted by Crippen LogP contribution is -2.47. The van der Waals surface area contributed by atoms with E-state index in [4.69, 9.17) is 12.2 Å². The van der Waals surface area contributed by atoms with Crippen LogP contribution in [-0.4, -0.2) is 32.9 Å². The van der Waals surface area contributed by atoms with Crippen LogP contribution >= 0.6 is 24.0 Å². The average molecular weight is 386 g/mol. The van der Waals surface area contributed by atoms with Crippen molar-refractivity contribution in [3.63, 3.8) is 0 Å². The first-order chi connectivity index (χ1) is 12.5. The number of benzene rings is 2. The number of thioether (sulfide) groups is 1. The Morgan fingerprint density at radius 2 is 1.96 bits per heavy atom. The van der Waals surface area contributed by atoms with Gasteiger partial charge in [0.25, 0.3) is 5.91 Å². The van der Waals surface area contributed by atoms with Crippen molar-refractivity contribution in [2.75, 3.05) is 11.9 Å². The molecule has 0 aromatic heterocycles. The number of hydrogen-bond donors (Lipinski definition) is 2. The molecule has 5 nitrogen and oxygen atoms in total. The van der Waals surface area contributed by atoms with Crippen LogP contribution in [0.5, 0.6) is 0 Å². The first-order valence-electron chi connectivity index (χ1n) is 8.21. The fourth-order valence-corrected chi connectivity index (χ4v) is 3.94. The van der Waals surface area contributed by atoms with E-state index in [2.05, 4.69) is 10.7 Å². The SMILES string of the molecule is Cc1cccc(NCC2SC(=S)N(NC(=O)Cc3ccccc3)C2=O)c1. The Kier molecular flexibility index (Phi) is 5.90. The Bertz CT molecular complexity index is 827. The molecule has 1 atom stereocenters. The molecule has 2 aromatic carbocycles. The van der Waals surface area contributed by atoms with Crippen LogP contribution < -0.4 is 10.7 Å². The molecule has 26 heavy (non-hydrogen) atoms. The Morgan fingerprint density at radius 1 is 1.19 bits per heavy atom. The highest BCUT2D eigenvalue weighted by Crippen LogP contribution is 2.26. The quantitative estimate of drug-likeness (QED) is 0.749. The van der Waals surface area contributed by atoms with Crippen molar-refractivity contribution in [1.82, 2.24) is 10.4 Å². The number of carbonyl (C=O) groups is 2. The van der Waals surface area contributed by atoms with E-state index in [0.717, 1.165) is 16.8 Å². The summed E-state index contributed by atoms with van der Waals surface area (Å²) in [6.07, 6.45) is 0.199. The predicted molar refractivity (Wildman–Crippen MR) is 109 cm³/mol. The third kappa shape index (κ3) is 4.62. The van der Waals surface area contributed by atoms with Gasteiger partial charge < -0.3 is 5.32 Å². The number of hydrogen-bond acceptors (Lipinski definition) is 5. The Hall–Kier alpha value is -2.38. The van der Waals surface area contributed by atoms with Gasteiger partial charge in [-0.05, 0) is 30.2 Å². The molecule has 3 rings (SSSR count). The zero-order valence-electron chi connectivity index (χ0n) is 14.3. The molecular formula is C19H19N3O2S2. The molecule has 0 spiro atoms. The topological polar surface area (TPSA) is 61.4 Å². The van der Waals surface area contributed by atoms with Crippen molar-refractivity contribution in [1.29, 1.82) is 0 Å². The number of thiocarbonyl (C=S) groups is 1. The maximum Gasteiger partial charge on any atom is 0.262 e. The summed E-state index contributed by atoms with van der Waals surface area (Å²) >= 11 is 6.54. The van der Waals surface area contributed by atoms with Gasteiger partial charge in [-0.15, -0.1) is 0 Å².